The summed E-state index contributed by atoms with van der Waals surface area (Å²) < 4.78 is 5.24. The molecule has 0 aliphatic carbocycles. The molecule has 0 heterocycles. The minimum Gasteiger partial charge on any atom is -0.375 e. The van der Waals surface area contributed by atoms with E-state index >= 15 is 0 Å². The molecule has 0 rings (SSSR count). The van der Waals surface area contributed by atoms with Crippen LogP contribution in [0.2, 0.25) is 0 Å². The van der Waals surface area contributed by atoms with Gasteiger partial charge in [0.25, 0.3) is 0 Å². The van der Waals surface area contributed by atoms with Crippen LogP contribution in [0, 0.1) is 5.92 Å². The number of hydrogen-bond acceptors (Lipinski definition) is 3. The van der Waals surface area contributed by atoms with Crippen molar-refractivity contribution in [1.29, 1.82) is 0 Å². The lowest BCUT2D eigenvalue weighted by molar-refractivity contribution is -0.122. The van der Waals surface area contributed by atoms with E-state index in [9.17, 15) is 4.79 Å². The van der Waals surface area contributed by atoms with Crippen LogP contribution in [-0.2, 0) is 9.53 Å². The molecule has 4 heteroatoms. The lowest BCUT2D eigenvalue weighted by Crippen LogP contribution is -2.30. The molecule has 0 aliphatic heterocycles. The number of rotatable bonds is 8. The number of hydrogen-bond donors (Lipinski definition) is 2. The number of amides is 1. The standard InChI is InChI=1S/C11H22N2O2/c1-9(2)8-15-5-4-13-11(14)6-10(3)7-12/h10H,1,4-8,12H2,2-3H3,(H,13,14). The summed E-state index contributed by atoms with van der Waals surface area (Å²) in [5, 5.41) is 2.77. The lowest BCUT2D eigenvalue weighted by atomic mass is 10.1. The van der Waals surface area contributed by atoms with E-state index in [2.05, 4.69) is 11.9 Å². The van der Waals surface area contributed by atoms with Crippen LogP contribution in [0.5, 0.6) is 0 Å². The molecule has 0 fully saturated rings. The lowest BCUT2D eigenvalue weighted by Gasteiger charge is -2.09. The number of carbonyl (C=O) groups excluding carboxylic acids is 1. The van der Waals surface area contributed by atoms with Gasteiger partial charge in [-0.3, -0.25) is 4.79 Å². The van der Waals surface area contributed by atoms with Gasteiger partial charge in [0.2, 0.25) is 5.91 Å². The molecule has 15 heavy (non-hydrogen) atoms. The van der Waals surface area contributed by atoms with E-state index in [1.807, 2.05) is 13.8 Å². The maximum absolute atomic E-state index is 11.3. The molecular formula is C11H22N2O2. The van der Waals surface area contributed by atoms with E-state index in [1.165, 1.54) is 0 Å². The van der Waals surface area contributed by atoms with Crippen LogP contribution < -0.4 is 11.1 Å². The number of nitrogens with two attached hydrogens (primary N) is 1. The van der Waals surface area contributed by atoms with E-state index in [1.54, 1.807) is 0 Å². The molecule has 0 aromatic rings. The summed E-state index contributed by atoms with van der Waals surface area (Å²) in [5.74, 6) is 0.271. The Balaban J connectivity index is 3.35. The molecule has 88 valence electrons. The largest absolute Gasteiger partial charge is 0.375 e. The van der Waals surface area contributed by atoms with E-state index in [0.717, 1.165) is 5.57 Å². The molecule has 0 radical (unpaired) electrons. The Morgan fingerprint density at radius 2 is 2.27 bits per heavy atom. The van der Waals surface area contributed by atoms with Crippen LogP contribution in [0.25, 0.3) is 0 Å². The van der Waals surface area contributed by atoms with Crippen LogP contribution in [0.1, 0.15) is 20.3 Å². The zero-order valence-electron chi connectivity index (χ0n) is 9.71. The first-order valence-electron chi connectivity index (χ1n) is 5.25. The fourth-order valence-corrected chi connectivity index (χ4v) is 0.981. The average Bonchev–Trinajstić information content (AvgIpc) is 2.16. The predicted octanol–water partition coefficient (Wildman–Crippen LogP) is 0.680. The second-order valence-electron chi connectivity index (χ2n) is 3.90. The minimum atomic E-state index is 0.0341. The van der Waals surface area contributed by atoms with Gasteiger partial charge in [0.05, 0.1) is 13.2 Å². The third-order valence-electron chi connectivity index (χ3n) is 1.85. The molecule has 1 atom stereocenters. The fourth-order valence-electron chi connectivity index (χ4n) is 0.981. The van der Waals surface area contributed by atoms with Crippen LogP contribution in [0.15, 0.2) is 12.2 Å². The molecule has 0 bridgehead atoms. The summed E-state index contributed by atoms with van der Waals surface area (Å²) in [5.41, 5.74) is 6.40. The number of ether oxygens (including phenoxy) is 1. The SMILES string of the molecule is C=C(C)COCCNC(=O)CC(C)CN. The van der Waals surface area contributed by atoms with Crippen molar-refractivity contribution in [1.82, 2.24) is 5.32 Å². The first kappa shape index (κ1) is 14.1. The molecule has 1 amide bonds. The second-order valence-corrected chi connectivity index (χ2v) is 3.90. The van der Waals surface area contributed by atoms with Gasteiger partial charge in [-0.25, -0.2) is 0 Å². The highest BCUT2D eigenvalue weighted by molar-refractivity contribution is 5.76. The maximum Gasteiger partial charge on any atom is 0.220 e. The zero-order valence-corrected chi connectivity index (χ0v) is 9.71. The number of carbonyl (C=O) groups is 1. The Bertz CT molecular complexity index is 205. The summed E-state index contributed by atoms with van der Waals surface area (Å²) in [6.07, 6.45) is 0.483. The second kappa shape index (κ2) is 8.44. The summed E-state index contributed by atoms with van der Waals surface area (Å²) in [7, 11) is 0. The van der Waals surface area contributed by atoms with Gasteiger partial charge in [-0.05, 0) is 19.4 Å². The van der Waals surface area contributed by atoms with Crippen molar-refractivity contribution in [3.63, 3.8) is 0 Å². The Labute approximate surface area is 91.9 Å². The third-order valence-corrected chi connectivity index (χ3v) is 1.85. The maximum atomic E-state index is 11.3. The monoisotopic (exact) mass is 214 g/mol. The molecular weight excluding hydrogens is 192 g/mol. The van der Waals surface area contributed by atoms with Gasteiger partial charge in [0.1, 0.15) is 0 Å². The zero-order chi connectivity index (χ0) is 11.7. The van der Waals surface area contributed by atoms with Crippen molar-refractivity contribution >= 4 is 5.91 Å². The van der Waals surface area contributed by atoms with Crippen molar-refractivity contribution < 1.29 is 9.53 Å². The Morgan fingerprint density at radius 3 is 2.80 bits per heavy atom. The smallest absolute Gasteiger partial charge is 0.220 e. The average molecular weight is 214 g/mol. The fraction of sp³-hybridized carbons (Fsp3) is 0.727. The van der Waals surface area contributed by atoms with Crippen LogP contribution in [-0.4, -0.2) is 32.2 Å². The summed E-state index contributed by atoms with van der Waals surface area (Å²) in [6.45, 7) is 9.73. The first-order chi connectivity index (χ1) is 7.06. The highest BCUT2D eigenvalue weighted by Gasteiger charge is 2.06. The van der Waals surface area contributed by atoms with Gasteiger partial charge < -0.3 is 15.8 Å². The Morgan fingerprint density at radius 1 is 1.60 bits per heavy atom. The summed E-state index contributed by atoms with van der Waals surface area (Å²) >= 11 is 0. The van der Waals surface area contributed by atoms with Gasteiger partial charge in [0, 0.05) is 13.0 Å². The Kier molecular flexibility index (Phi) is 7.95. The molecule has 0 saturated carbocycles. The molecule has 0 aliphatic rings. The molecule has 0 spiro atoms. The van der Waals surface area contributed by atoms with Gasteiger partial charge >= 0.3 is 0 Å². The van der Waals surface area contributed by atoms with E-state index in [-0.39, 0.29) is 11.8 Å². The highest BCUT2D eigenvalue weighted by atomic mass is 16.5. The Hall–Kier alpha value is -0.870. The topological polar surface area (TPSA) is 64.3 Å². The normalized spacial score (nSPS) is 12.2. The van der Waals surface area contributed by atoms with Crippen molar-refractivity contribution in [3.05, 3.63) is 12.2 Å². The van der Waals surface area contributed by atoms with Crippen LogP contribution in [0.3, 0.4) is 0 Å². The minimum absolute atomic E-state index is 0.0341. The molecule has 4 nitrogen and oxygen atoms in total. The molecule has 3 N–H and O–H groups in total. The number of nitrogens with one attached hydrogen (secondary N) is 1. The molecule has 0 saturated heterocycles. The first-order valence-corrected chi connectivity index (χ1v) is 5.25. The van der Waals surface area contributed by atoms with Crippen molar-refractivity contribution in [2.45, 2.75) is 20.3 Å². The van der Waals surface area contributed by atoms with Gasteiger partial charge in [0.15, 0.2) is 0 Å². The van der Waals surface area contributed by atoms with Crippen molar-refractivity contribution in [2.24, 2.45) is 11.7 Å². The summed E-state index contributed by atoms with van der Waals surface area (Å²) in [6, 6.07) is 0. The van der Waals surface area contributed by atoms with E-state index < -0.39 is 0 Å². The van der Waals surface area contributed by atoms with Crippen LogP contribution in [0.4, 0.5) is 0 Å². The molecule has 1 unspecified atom stereocenters. The molecule has 0 aromatic carbocycles. The quantitative estimate of drug-likeness (QED) is 0.461. The van der Waals surface area contributed by atoms with Crippen LogP contribution >= 0.6 is 0 Å². The third kappa shape index (κ3) is 9.43. The molecule has 0 aromatic heterocycles. The van der Waals surface area contributed by atoms with Gasteiger partial charge in [-0.15, -0.1) is 0 Å². The van der Waals surface area contributed by atoms with E-state index in [4.69, 9.17) is 10.5 Å². The summed E-state index contributed by atoms with van der Waals surface area (Å²) in [4.78, 5) is 11.3. The van der Waals surface area contributed by atoms with Crippen molar-refractivity contribution in [3.8, 4) is 0 Å². The van der Waals surface area contributed by atoms with E-state index in [0.29, 0.717) is 32.7 Å². The highest BCUT2D eigenvalue weighted by Crippen LogP contribution is 1.97. The van der Waals surface area contributed by atoms with Crippen molar-refractivity contribution in [2.75, 3.05) is 26.3 Å². The van der Waals surface area contributed by atoms with Gasteiger partial charge in [-0.1, -0.05) is 19.1 Å². The van der Waals surface area contributed by atoms with Gasteiger partial charge in [-0.2, -0.15) is 0 Å². The predicted molar refractivity (Wildman–Crippen MR) is 61.5 cm³/mol.